The second kappa shape index (κ2) is 20.4. The number of benzene rings is 10. The van der Waals surface area contributed by atoms with Crippen molar-refractivity contribution in [1.29, 1.82) is 0 Å². The van der Waals surface area contributed by atoms with E-state index in [-0.39, 0.29) is 32.5 Å². The van der Waals surface area contributed by atoms with E-state index < -0.39 is 6.85 Å². The second-order valence-corrected chi connectivity index (χ2v) is 33.6. The van der Waals surface area contributed by atoms with Crippen LogP contribution in [0.1, 0.15) is 157 Å². The van der Waals surface area contributed by atoms with Crippen LogP contribution in [-0.4, -0.2) is 6.85 Å². The quantitative estimate of drug-likeness (QED) is 0.155. The third kappa shape index (κ3) is 9.44. The van der Waals surface area contributed by atoms with Gasteiger partial charge >= 0.3 is 6.85 Å². The molecule has 0 unspecified atom stereocenters. The fraction of sp³-hybridized carbons (Fsp3) is 0.279. The predicted octanol–water partition coefficient (Wildman–Crippen LogP) is 24.1. The number of hydrogen-bond acceptors (Lipinski definition) is 6. The highest BCUT2D eigenvalue weighted by atomic mass is 32.1. The second-order valence-electron chi connectivity index (χ2n) is 32.5. The number of anilines is 8. The number of rotatable bonds is 6. The first kappa shape index (κ1) is 59.3. The van der Waals surface area contributed by atoms with Crippen LogP contribution in [0.4, 0.5) is 45.5 Å². The number of furan rings is 2. The molecule has 464 valence electrons. The summed E-state index contributed by atoms with van der Waals surface area (Å²) in [7, 11) is 0. The molecule has 93 heavy (non-hydrogen) atoms. The number of fused-ring (bicyclic) bond motifs is 14. The van der Waals surface area contributed by atoms with Gasteiger partial charge in [0.1, 0.15) is 16.8 Å². The first-order valence-electron chi connectivity index (χ1n) is 33.6. The Morgan fingerprint density at radius 2 is 0.968 bits per heavy atom. The molecule has 13 aromatic rings. The molecule has 5 heterocycles. The SMILES string of the molecule is CC(C)(C)c1ccc(N2B3c4oc5cc6c(cc5c4N(c4ccc(C(C)(C)C)cc4-c4ccccc4)c4c3c(cc3c4oc4ccccc43)-c3cc4c(cc32)sc2cc(N(c3ccc(C(C)(C)C)cc3)c3ccc(C(C)(C)C)cc3)ccc24)C(C)(C)CCC6(C)C)cc1. The van der Waals surface area contributed by atoms with E-state index in [0.29, 0.717) is 0 Å². The van der Waals surface area contributed by atoms with Gasteiger partial charge in [0.05, 0.1) is 17.1 Å². The molecule has 2 aliphatic heterocycles. The molecule has 0 spiro atoms. The number of thiophene rings is 1. The van der Waals surface area contributed by atoms with Crippen LogP contribution in [-0.2, 0) is 32.5 Å². The van der Waals surface area contributed by atoms with Gasteiger partial charge in [-0.1, -0.05) is 208 Å². The first-order chi connectivity index (χ1) is 44.1. The monoisotopic (exact) mass is 1230 g/mol. The summed E-state index contributed by atoms with van der Waals surface area (Å²) in [5.74, 6) is 0. The molecule has 0 bridgehead atoms. The van der Waals surface area contributed by atoms with Crippen molar-refractivity contribution < 1.29 is 8.83 Å². The number of hydrogen-bond donors (Lipinski definition) is 0. The van der Waals surface area contributed by atoms with E-state index in [0.717, 1.165) is 113 Å². The molecule has 0 N–H and O–H groups in total. The average Bonchev–Trinajstić information content (AvgIpc) is 1.62. The molecule has 0 amide bonds. The highest BCUT2D eigenvalue weighted by Crippen LogP contribution is 2.57. The van der Waals surface area contributed by atoms with Crippen LogP contribution in [0.2, 0.25) is 0 Å². The first-order valence-corrected chi connectivity index (χ1v) is 34.4. The third-order valence-corrected chi connectivity index (χ3v) is 22.3. The Balaban J connectivity index is 1.01. The molecule has 3 aromatic heterocycles. The fourth-order valence-electron chi connectivity index (χ4n) is 15.5. The lowest BCUT2D eigenvalue weighted by Crippen LogP contribution is -2.61. The third-order valence-electron chi connectivity index (χ3n) is 21.1. The van der Waals surface area contributed by atoms with E-state index in [2.05, 4.69) is 320 Å². The fourth-order valence-corrected chi connectivity index (χ4v) is 16.7. The van der Waals surface area contributed by atoms with Crippen LogP contribution in [0.15, 0.2) is 203 Å². The van der Waals surface area contributed by atoms with Gasteiger partial charge in [-0.25, -0.2) is 0 Å². The summed E-state index contributed by atoms with van der Waals surface area (Å²) in [6, 6.07) is 74.3. The summed E-state index contributed by atoms with van der Waals surface area (Å²) in [6.45, 7) is 37.0. The Kier molecular flexibility index (Phi) is 13.0. The summed E-state index contributed by atoms with van der Waals surface area (Å²) in [5.41, 5.74) is 26.0. The highest BCUT2D eigenvalue weighted by molar-refractivity contribution is 7.26. The maximum atomic E-state index is 7.93. The van der Waals surface area contributed by atoms with Gasteiger partial charge in [-0.2, -0.15) is 0 Å². The van der Waals surface area contributed by atoms with Crippen molar-refractivity contribution in [3.8, 4) is 22.3 Å². The van der Waals surface area contributed by atoms with Crippen LogP contribution in [0.5, 0.6) is 0 Å². The molecular weight excluding hydrogens is 1150 g/mol. The molecule has 1 aliphatic carbocycles. The number of nitrogens with zero attached hydrogens (tertiary/aromatic N) is 3. The largest absolute Gasteiger partial charge is 0.466 e. The van der Waals surface area contributed by atoms with Crippen LogP contribution in [0.25, 0.3) is 75.3 Å². The van der Waals surface area contributed by atoms with Crippen LogP contribution in [0.3, 0.4) is 0 Å². The van der Waals surface area contributed by atoms with Crippen molar-refractivity contribution in [2.24, 2.45) is 0 Å². The molecule has 0 saturated carbocycles. The zero-order chi connectivity index (χ0) is 64.8. The topological polar surface area (TPSA) is 36.0 Å². The van der Waals surface area contributed by atoms with Crippen molar-refractivity contribution in [3.63, 3.8) is 0 Å². The molecule has 0 saturated heterocycles. The van der Waals surface area contributed by atoms with Gasteiger partial charge in [-0.3, -0.25) is 0 Å². The molecule has 0 atom stereocenters. The van der Waals surface area contributed by atoms with E-state index >= 15 is 0 Å². The molecule has 3 aliphatic rings. The Bertz CT molecular complexity index is 5130. The van der Waals surface area contributed by atoms with Crippen molar-refractivity contribution >= 4 is 128 Å². The van der Waals surface area contributed by atoms with Crippen molar-refractivity contribution in [1.82, 2.24) is 0 Å². The van der Waals surface area contributed by atoms with Crippen molar-refractivity contribution in [3.05, 3.63) is 228 Å². The van der Waals surface area contributed by atoms with Gasteiger partial charge in [0.2, 0.25) is 0 Å². The Morgan fingerprint density at radius 3 is 1.59 bits per heavy atom. The Labute approximate surface area is 553 Å². The van der Waals surface area contributed by atoms with Crippen LogP contribution >= 0.6 is 11.3 Å². The zero-order valence-electron chi connectivity index (χ0n) is 57.0. The van der Waals surface area contributed by atoms with Gasteiger partial charge in [-0.05, 0) is 192 Å². The zero-order valence-corrected chi connectivity index (χ0v) is 57.8. The lowest BCUT2D eigenvalue weighted by Gasteiger charge is -2.44. The predicted molar refractivity (Wildman–Crippen MR) is 400 cm³/mol. The van der Waals surface area contributed by atoms with E-state index in [4.69, 9.17) is 8.83 Å². The van der Waals surface area contributed by atoms with Gasteiger partial charge < -0.3 is 23.4 Å². The maximum Gasteiger partial charge on any atom is 0.376 e. The van der Waals surface area contributed by atoms with Crippen LogP contribution in [0, 0.1) is 0 Å². The summed E-state index contributed by atoms with van der Waals surface area (Å²) >= 11 is 1.89. The highest BCUT2D eigenvalue weighted by Gasteiger charge is 2.51. The van der Waals surface area contributed by atoms with Gasteiger partial charge in [0.15, 0.2) is 5.58 Å². The summed E-state index contributed by atoms with van der Waals surface area (Å²) in [5, 5.41) is 5.77. The minimum absolute atomic E-state index is 0.0306. The molecule has 5 nitrogen and oxygen atoms in total. The number of para-hydroxylation sites is 1. The molecule has 7 heteroatoms. The summed E-state index contributed by atoms with van der Waals surface area (Å²) in [4.78, 5) is 7.66. The van der Waals surface area contributed by atoms with Crippen LogP contribution < -0.4 is 25.7 Å². The minimum atomic E-state index is -0.410. The minimum Gasteiger partial charge on any atom is -0.466 e. The van der Waals surface area contributed by atoms with E-state index in [1.165, 1.54) is 64.7 Å². The lowest BCUT2D eigenvalue weighted by atomic mass is 9.45. The van der Waals surface area contributed by atoms with Gasteiger partial charge in [-0.15, -0.1) is 11.3 Å². The average molecular weight is 1230 g/mol. The normalized spacial score (nSPS) is 15.3. The summed E-state index contributed by atoms with van der Waals surface area (Å²) in [6.07, 6.45) is 2.20. The van der Waals surface area contributed by atoms with Crippen molar-refractivity contribution in [2.75, 3.05) is 14.6 Å². The maximum absolute atomic E-state index is 7.93. The molecule has 10 aromatic carbocycles. The molecule has 16 rings (SSSR count). The van der Waals surface area contributed by atoms with Crippen molar-refractivity contribution in [2.45, 2.75) is 156 Å². The van der Waals surface area contributed by atoms with E-state index in [1.54, 1.807) is 0 Å². The lowest BCUT2D eigenvalue weighted by molar-refractivity contribution is 0.332. The molecule has 0 fully saturated rings. The molecule has 0 radical (unpaired) electrons. The van der Waals surface area contributed by atoms with Gasteiger partial charge in [0, 0.05) is 75.9 Å². The summed E-state index contributed by atoms with van der Waals surface area (Å²) < 4.78 is 17.9. The molecular formula is C86H84BN3O2S. The Hall–Kier alpha value is -8.78. The van der Waals surface area contributed by atoms with E-state index in [9.17, 15) is 0 Å². The van der Waals surface area contributed by atoms with Gasteiger partial charge in [0.25, 0.3) is 0 Å². The van der Waals surface area contributed by atoms with E-state index in [1.807, 2.05) is 11.3 Å². The standard InChI is InChI=1S/C86H84BN3O2S/c1-81(2,3)52-26-33-56(34-27-52)88(57-35-28-53(29-36-57)82(4,5)6)59-39-40-61-64-46-63-65-47-66-60-24-20-21-25-72(60)91-79(66)78-76(65)87(90(71(63)50-75(64)93-74(61)45-59)58-37-30-54(31-38-58)83(7,8)9)80-77(67-48-68-69(49-73(67)92-80)86(15,16)43-42-85(68,13)14)89(78)70-41-32-55(84(10,11)12)44-62(70)51-22-18-17-19-23-51/h17-41,44-50H,42-43H2,1-16H3. The Morgan fingerprint density at radius 1 is 0.419 bits per heavy atom. The smallest absolute Gasteiger partial charge is 0.376 e.